The van der Waals surface area contributed by atoms with Crippen LogP contribution in [0.2, 0.25) is 5.02 Å². The van der Waals surface area contributed by atoms with E-state index in [4.69, 9.17) is 32.7 Å². The highest BCUT2D eigenvalue weighted by molar-refractivity contribution is 6.30. The van der Waals surface area contributed by atoms with Gasteiger partial charge in [-0.05, 0) is 24.6 Å². The van der Waals surface area contributed by atoms with Crippen LogP contribution in [0.25, 0.3) is 0 Å². The van der Waals surface area contributed by atoms with E-state index in [0.29, 0.717) is 10.6 Å². The van der Waals surface area contributed by atoms with Crippen LogP contribution < -0.4 is 0 Å². The summed E-state index contributed by atoms with van der Waals surface area (Å²) in [5.74, 6) is 0. The standard InChI is InChI=1S/C14H14Cl2N2O3/c1-2-20-14(19)21-12(10-3-5-11(15)6-4-10)13(16)18-8-7-17-9-18/h3-9,12-13H,2H2,1H3. The Hall–Kier alpha value is -1.72. The van der Waals surface area contributed by atoms with E-state index in [9.17, 15) is 4.79 Å². The number of ether oxygens (including phenoxy) is 2. The van der Waals surface area contributed by atoms with Gasteiger partial charge in [-0.3, -0.25) is 0 Å². The van der Waals surface area contributed by atoms with Gasteiger partial charge in [-0.15, -0.1) is 0 Å². The molecule has 2 rings (SSSR count). The zero-order valence-electron chi connectivity index (χ0n) is 11.3. The predicted molar refractivity (Wildman–Crippen MR) is 79.4 cm³/mol. The van der Waals surface area contributed by atoms with Crippen molar-refractivity contribution in [2.24, 2.45) is 0 Å². The lowest BCUT2D eigenvalue weighted by Crippen LogP contribution is -2.19. The number of rotatable bonds is 5. The SMILES string of the molecule is CCOC(=O)OC(c1ccc(Cl)cc1)C(Cl)n1ccnc1. The number of benzene rings is 1. The van der Waals surface area contributed by atoms with Gasteiger partial charge in [-0.25, -0.2) is 9.78 Å². The molecule has 21 heavy (non-hydrogen) atoms. The first-order chi connectivity index (χ1) is 10.1. The molecule has 0 radical (unpaired) electrons. The van der Waals surface area contributed by atoms with Crippen molar-refractivity contribution in [3.8, 4) is 0 Å². The molecule has 1 heterocycles. The topological polar surface area (TPSA) is 53.4 Å². The van der Waals surface area contributed by atoms with E-state index >= 15 is 0 Å². The molecule has 0 fully saturated rings. The minimum atomic E-state index is -0.775. The first-order valence-corrected chi connectivity index (χ1v) is 7.13. The second kappa shape index (κ2) is 7.33. The van der Waals surface area contributed by atoms with E-state index in [0.717, 1.165) is 0 Å². The Morgan fingerprint density at radius 1 is 1.38 bits per heavy atom. The third-order valence-corrected chi connectivity index (χ3v) is 3.45. The first kappa shape index (κ1) is 15.7. The molecular formula is C14H14Cl2N2O3. The number of nitrogens with zero attached hydrogens (tertiary/aromatic N) is 2. The summed E-state index contributed by atoms with van der Waals surface area (Å²) in [7, 11) is 0. The van der Waals surface area contributed by atoms with Crippen LogP contribution in [0, 0.1) is 0 Å². The number of aromatic nitrogens is 2. The van der Waals surface area contributed by atoms with Crippen LogP contribution in [0.5, 0.6) is 0 Å². The van der Waals surface area contributed by atoms with Gasteiger partial charge >= 0.3 is 6.16 Å². The third-order valence-electron chi connectivity index (χ3n) is 2.74. The quantitative estimate of drug-likeness (QED) is 0.610. The lowest BCUT2D eigenvalue weighted by molar-refractivity contribution is 0.0173. The second-order valence-corrected chi connectivity index (χ2v) is 5.04. The van der Waals surface area contributed by atoms with Crippen molar-refractivity contribution in [2.45, 2.75) is 18.5 Å². The van der Waals surface area contributed by atoms with Crippen molar-refractivity contribution in [1.82, 2.24) is 9.55 Å². The molecule has 0 N–H and O–H groups in total. The van der Waals surface area contributed by atoms with Gasteiger partial charge in [-0.2, -0.15) is 0 Å². The van der Waals surface area contributed by atoms with Gasteiger partial charge in [0.2, 0.25) is 0 Å². The molecule has 0 amide bonds. The maximum absolute atomic E-state index is 11.6. The molecule has 7 heteroatoms. The fraction of sp³-hybridized carbons (Fsp3) is 0.286. The molecule has 1 aromatic carbocycles. The van der Waals surface area contributed by atoms with Crippen molar-refractivity contribution in [1.29, 1.82) is 0 Å². The summed E-state index contributed by atoms with van der Waals surface area (Å²) in [6.45, 7) is 1.93. The van der Waals surface area contributed by atoms with E-state index in [1.807, 2.05) is 0 Å². The zero-order valence-corrected chi connectivity index (χ0v) is 12.8. The van der Waals surface area contributed by atoms with Crippen LogP contribution in [0.3, 0.4) is 0 Å². The number of alkyl halides is 1. The Kier molecular flexibility index (Phi) is 5.47. The van der Waals surface area contributed by atoms with Crippen molar-refractivity contribution >= 4 is 29.4 Å². The van der Waals surface area contributed by atoms with E-state index in [1.54, 1.807) is 54.5 Å². The molecule has 2 unspecified atom stereocenters. The monoisotopic (exact) mass is 328 g/mol. The minimum absolute atomic E-state index is 0.226. The first-order valence-electron chi connectivity index (χ1n) is 6.32. The maximum atomic E-state index is 11.6. The molecule has 112 valence electrons. The molecule has 0 bridgehead atoms. The molecule has 0 aliphatic heterocycles. The summed E-state index contributed by atoms with van der Waals surface area (Å²) in [6.07, 6.45) is 3.34. The molecule has 0 aliphatic carbocycles. The summed E-state index contributed by atoms with van der Waals surface area (Å²) in [5, 5.41) is 0.586. The molecule has 0 aliphatic rings. The van der Waals surface area contributed by atoms with E-state index in [-0.39, 0.29) is 6.61 Å². The molecule has 5 nitrogen and oxygen atoms in total. The van der Waals surface area contributed by atoms with Gasteiger partial charge in [0.15, 0.2) is 11.6 Å². The van der Waals surface area contributed by atoms with Crippen LogP contribution in [0.4, 0.5) is 4.79 Å². The van der Waals surface area contributed by atoms with Gasteiger partial charge in [0.05, 0.1) is 12.9 Å². The fourth-order valence-electron chi connectivity index (χ4n) is 1.76. The average molecular weight is 329 g/mol. The number of imidazole rings is 1. The predicted octanol–water partition coefficient (Wildman–Crippen LogP) is 4.19. The Balaban J connectivity index is 2.25. The highest BCUT2D eigenvalue weighted by Gasteiger charge is 2.27. The van der Waals surface area contributed by atoms with E-state index in [2.05, 4.69) is 4.98 Å². The number of carbonyl (C=O) groups is 1. The third kappa shape index (κ3) is 4.12. The maximum Gasteiger partial charge on any atom is 0.508 e. The second-order valence-electron chi connectivity index (χ2n) is 4.16. The molecule has 0 saturated carbocycles. The molecule has 2 aromatic rings. The Bertz CT molecular complexity index is 572. The Morgan fingerprint density at radius 2 is 2.10 bits per heavy atom. The van der Waals surface area contributed by atoms with Crippen molar-refractivity contribution in [3.05, 3.63) is 53.6 Å². The smallest absolute Gasteiger partial charge is 0.435 e. The molecule has 1 aromatic heterocycles. The molecule has 2 atom stereocenters. The minimum Gasteiger partial charge on any atom is -0.435 e. The molecule has 0 saturated heterocycles. The van der Waals surface area contributed by atoms with Crippen molar-refractivity contribution in [2.75, 3.05) is 6.61 Å². The van der Waals surface area contributed by atoms with Crippen LogP contribution >= 0.6 is 23.2 Å². The molecule has 0 spiro atoms. The lowest BCUT2D eigenvalue weighted by atomic mass is 10.1. The van der Waals surface area contributed by atoms with Crippen LogP contribution in [-0.2, 0) is 9.47 Å². The normalized spacial score (nSPS) is 13.5. The summed E-state index contributed by atoms with van der Waals surface area (Å²) >= 11 is 12.3. The highest BCUT2D eigenvalue weighted by Crippen LogP contribution is 2.34. The number of carbonyl (C=O) groups excluding carboxylic acids is 1. The number of halogens is 2. The highest BCUT2D eigenvalue weighted by atomic mass is 35.5. The molecular weight excluding hydrogens is 315 g/mol. The van der Waals surface area contributed by atoms with Gasteiger partial charge < -0.3 is 14.0 Å². The summed E-state index contributed by atoms with van der Waals surface area (Å²) < 4.78 is 11.8. The fourth-order valence-corrected chi connectivity index (χ4v) is 2.20. The number of hydrogen-bond acceptors (Lipinski definition) is 4. The summed E-state index contributed by atoms with van der Waals surface area (Å²) in [4.78, 5) is 15.5. The largest absolute Gasteiger partial charge is 0.508 e. The van der Waals surface area contributed by atoms with Crippen molar-refractivity contribution < 1.29 is 14.3 Å². The van der Waals surface area contributed by atoms with Crippen molar-refractivity contribution in [3.63, 3.8) is 0 Å². The van der Waals surface area contributed by atoms with Gasteiger partial charge in [0.1, 0.15) is 0 Å². The summed E-state index contributed by atoms with van der Waals surface area (Å²) in [6, 6.07) is 6.91. The van der Waals surface area contributed by atoms with Gasteiger partial charge in [0, 0.05) is 17.4 Å². The zero-order chi connectivity index (χ0) is 15.2. The van der Waals surface area contributed by atoms with Crippen LogP contribution in [0.1, 0.15) is 24.1 Å². The van der Waals surface area contributed by atoms with E-state index < -0.39 is 17.8 Å². The van der Waals surface area contributed by atoms with E-state index in [1.165, 1.54) is 0 Å². The Labute approximate surface area is 132 Å². The van der Waals surface area contributed by atoms with Crippen LogP contribution in [0.15, 0.2) is 43.0 Å². The van der Waals surface area contributed by atoms with Gasteiger partial charge in [0.25, 0.3) is 0 Å². The number of hydrogen-bond donors (Lipinski definition) is 0. The summed E-state index contributed by atoms with van der Waals surface area (Å²) in [5.41, 5.74) is 0.0548. The average Bonchev–Trinajstić information content (AvgIpc) is 3.00. The van der Waals surface area contributed by atoms with Crippen LogP contribution in [-0.4, -0.2) is 22.3 Å². The van der Waals surface area contributed by atoms with Gasteiger partial charge in [-0.1, -0.05) is 35.3 Å². The Morgan fingerprint density at radius 3 is 2.67 bits per heavy atom. The lowest BCUT2D eigenvalue weighted by Gasteiger charge is -2.23.